The van der Waals surface area contributed by atoms with Gasteiger partial charge in [-0.3, -0.25) is 4.79 Å². The Hall–Kier alpha value is -1.75. The SMILES string of the molecule is CCSCc1nc(O)c(-c2ccccc2)c(=O)[nH]1. The molecule has 0 spiro atoms. The summed E-state index contributed by atoms with van der Waals surface area (Å²) in [6.45, 7) is 2.03. The van der Waals surface area contributed by atoms with Crippen molar-refractivity contribution in [3.8, 4) is 17.0 Å². The van der Waals surface area contributed by atoms with Gasteiger partial charge in [0.25, 0.3) is 5.56 Å². The van der Waals surface area contributed by atoms with Gasteiger partial charge >= 0.3 is 0 Å². The van der Waals surface area contributed by atoms with Crippen molar-refractivity contribution in [1.29, 1.82) is 0 Å². The fraction of sp³-hybridized carbons (Fsp3) is 0.231. The highest BCUT2D eigenvalue weighted by atomic mass is 32.2. The standard InChI is InChI=1S/C13H14N2O2S/c1-2-18-8-10-14-12(16)11(13(17)15-10)9-6-4-3-5-7-9/h3-7H,2,8H2,1H3,(H2,14,15,16,17). The van der Waals surface area contributed by atoms with Crippen LogP contribution >= 0.6 is 11.8 Å². The first kappa shape index (κ1) is 12.7. The molecule has 2 N–H and O–H groups in total. The van der Waals surface area contributed by atoms with E-state index >= 15 is 0 Å². The Morgan fingerprint density at radius 3 is 2.67 bits per heavy atom. The number of hydrogen-bond donors (Lipinski definition) is 2. The van der Waals surface area contributed by atoms with E-state index in [4.69, 9.17) is 0 Å². The minimum absolute atomic E-state index is 0.211. The van der Waals surface area contributed by atoms with Gasteiger partial charge in [-0.1, -0.05) is 37.3 Å². The van der Waals surface area contributed by atoms with Crippen LogP contribution in [0.2, 0.25) is 0 Å². The van der Waals surface area contributed by atoms with Crippen LogP contribution in [0.3, 0.4) is 0 Å². The average Bonchev–Trinajstić information content (AvgIpc) is 2.37. The molecular weight excluding hydrogens is 248 g/mol. The highest BCUT2D eigenvalue weighted by molar-refractivity contribution is 7.98. The lowest BCUT2D eigenvalue weighted by Gasteiger charge is -2.05. The summed E-state index contributed by atoms with van der Waals surface area (Å²) < 4.78 is 0. The van der Waals surface area contributed by atoms with E-state index in [0.29, 0.717) is 17.1 Å². The van der Waals surface area contributed by atoms with Crippen LogP contribution in [0, 0.1) is 0 Å². The van der Waals surface area contributed by atoms with Crippen LogP contribution in [-0.2, 0) is 5.75 Å². The fourth-order valence-electron chi connectivity index (χ4n) is 1.64. The van der Waals surface area contributed by atoms with Crippen molar-refractivity contribution in [3.05, 3.63) is 46.5 Å². The van der Waals surface area contributed by atoms with E-state index in [1.54, 1.807) is 23.9 Å². The van der Waals surface area contributed by atoms with Gasteiger partial charge in [0.2, 0.25) is 5.88 Å². The molecule has 0 saturated heterocycles. The molecule has 5 heteroatoms. The van der Waals surface area contributed by atoms with Gasteiger partial charge in [0.15, 0.2) is 0 Å². The Morgan fingerprint density at radius 2 is 2.06 bits per heavy atom. The van der Waals surface area contributed by atoms with Gasteiger partial charge in [-0.15, -0.1) is 0 Å². The number of aromatic nitrogens is 2. The van der Waals surface area contributed by atoms with E-state index in [9.17, 15) is 9.90 Å². The summed E-state index contributed by atoms with van der Waals surface area (Å²) in [5, 5.41) is 9.88. The second kappa shape index (κ2) is 5.73. The molecule has 94 valence electrons. The van der Waals surface area contributed by atoms with E-state index in [-0.39, 0.29) is 17.0 Å². The van der Waals surface area contributed by atoms with Gasteiger partial charge < -0.3 is 10.1 Å². The van der Waals surface area contributed by atoms with Gasteiger partial charge in [-0.05, 0) is 11.3 Å². The molecule has 0 saturated carbocycles. The van der Waals surface area contributed by atoms with E-state index in [2.05, 4.69) is 9.97 Å². The molecule has 1 aromatic heterocycles. The van der Waals surface area contributed by atoms with Crippen LogP contribution < -0.4 is 5.56 Å². The summed E-state index contributed by atoms with van der Waals surface area (Å²) >= 11 is 1.64. The quantitative estimate of drug-likeness (QED) is 0.888. The third-order valence-electron chi connectivity index (χ3n) is 2.45. The smallest absolute Gasteiger partial charge is 0.262 e. The lowest BCUT2D eigenvalue weighted by Crippen LogP contribution is -2.13. The van der Waals surface area contributed by atoms with Crippen LogP contribution in [0.5, 0.6) is 5.88 Å². The van der Waals surface area contributed by atoms with Crippen LogP contribution in [0.25, 0.3) is 11.1 Å². The maximum absolute atomic E-state index is 12.0. The van der Waals surface area contributed by atoms with Crippen molar-refractivity contribution >= 4 is 11.8 Å². The first-order chi connectivity index (χ1) is 8.72. The Bertz CT molecular complexity index is 581. The van der Waals surface area contributed by atoms with Gasteiger partial charge in [-0.25, -0.2) is 0 Å². The molecular formula is C13H14N2O2S. The zero-order valence-corrected chi connectivity index (χ0v) is 10.8. The molecule has 0 bridgehead atoms. The van der Waals surface area contributed by atoms with Crippen LogP contribution in [-0.4, -0.2) is 20.8 Å². The fourth-order valence-corrected chi connectivity index (χ4v) is 2.17. The van der Waals surface area contributed by atoms with Crippen molar-refractivity contribution in [2.75, 3.05) is 5.75 Å². The molecule has 0 atom stereocenters. The lowest BCUT2D eigenvalue weighted by molar-refractivity contribution is 0.451. The maximum atomic E-state index is 12.0. The minimum Gasteiger partial charge on any atom is -0.493 e. The number of aromatic hydroxyl groups is 1. The molecule has 0 amide bonds. The number of benzene rings is 1. The Labute approximate surface area is 109 Å². The summed E-state index contributed by atoms with van der Waals surface area (Å²) in [5.41, 5.74) is 0.583. The summed E-state index contributed by atoms with van der Waals surface area (Å²) in [6.07, 6.45) is 0. The second-order valence-electron chi connectivity index (χ2n) is 3.71. The molecule has 18 heavy (non-hydrogen) atoms. The summed E-state index contributed by atoms with van der Waals surface area (Å²) in [7, 11) is 0. The highest BCUT2D eigenvalue weighted by Gasteiger charge is 2.12. The van der Waals surface area contributed by atoms with Crippen LogP contribution in [0.4, 0.5) is 0 Å². The van der Waals surface area contributed by atoms with Crippen molar-refractivity contribution in [3.63, 3.8) is 0 Å². The molecule has 0 unspecified atom stereocenters. The highest BCUT2D eigenvalue weighted by Crippen LogP contribution is 2.23. The zero-order chi connectivity index (χ0) is 13.0. The molecule has 0 aliphatic heterocycles. The molecule has 4 nitrogen and oxygen atoms in total. The second-order valence-corrected chi connectivity index (χ2v) is 4.99. The number of nitrogens with one attached hydrogen (secondary N) is 1. The number of H-pyrrole nitrogens is 1. The molecule has 0 radical (unpaired) electrons. The molecule has 1 aromatic carbocycles. The monoisotopic (exact) mass is 262 g/mol. The number of aromatic amines is 1. The summed E-state index contributed by atoms with van der Waals surface area (Å²) in [6, 6.07) is 9.03. The zero-order valence-electron chi connectivity index (χ0n) is 10.0. The summed E-state index contributed by atoms with van der Waals surface area (Å²) in [4.78, 5) is 18.7. The van der Waals surface area contributed by atoms with Gasteiger partial charge in [0, 0.05) is 0 Å². The van der Waals surface area contributed by atoms with Crippen LogP contribution in [0.15, 0.2) is 35.1 Å². The van der Waals surface area contributed by atoms with Crippen molar-refractivity contribution < 1.29 is 5.11 Å². The number of nitrogens with zero attached hydrogens (tertiary/aromatic N) is 1. The summed E-state index contributed by atoms with van der Waals surface area (Å²) in [5.74, 6) is 1.82. The lowest BCUT2D eigenvalue weighted by atomic mass is 10.1. The normalized spacial score (nSPS) is 10.5. The Kier molecular flexibility index (Phi) is 4.04. The van der Waals surface area contributed by atoms with Gasteiger partial charge in [-0.2, -0.15) is 16.7 Å². The number of rotatable bonds is 4. The predicted octanol–water partition coefficient (Wildman–Crippen LogP) is 2.40. The van der Waals surface area contributed by atoms with E-state index < -0.39 is 0 Å². The Balaban J connectivity index is 2.42. The van der Waals surface area contributed by atoms with E-state index in [1.165, 1.54) is 0 Å². The molecule has 0 aliphatic carbocycles. The van der Waals surface area contributed by atoms with Gasteiger partial charge in [0.1, 0.15) is 11.4 Å². The number of thioether (sulfide) groups is 1. The van der Waals surface area contributed by atoms with E-state index in [0.717, 1.165) is 5.75 Å². The first-order valence-corrected chi connectivity index (χ1v) is 6.83. The topological polar surface area (TPSA) is 66.0 Å². The van der Waals surface area contributed by atoms with Crippen LogP contribution in [0.1, 0.15) is 12.7 Å². The van der Waals surface area contributed by atoms with E-state index in [1.807, 2.05) is 25.1 Å². The molecule has 2 aromatic rings. The average molecular weight is 262 g/mol. The third kappa shape index (κ3) is 2.73. The Morgan fingerprint density at radius 1 is 1.33 bits per heavy atom. The van der Waals surface area contributed by atoms with Crippen molar-refractivity contribution in [2.45, 2.75) is 12.7 Å². The molecule has 2 rings (SSSR count). The minimum atomic E-state index is -0.305. The first-order valence-electron chi connectivity index (χ1n) is 5.67. The largest absolute Gasteiger partial charge is 0.493 e. The molecule has 0 fully saturated rings. The molecule has 0 aliphatic rings. The van der Waals surface area contributed by atoms with Crippen molar-refractivity contribution in [2.24, 2.45) is 0 Å². The third-order valence-corrected chi connectivity index (χ3v) is 3.34. The van der Waals surface area contributed by atoms with Crippen molar-refractivity contribution in [1.82, 2.24) is 9.97 Å². The van der Waals surface area contributed by atoms with Gasteiger partial charge in [0.05, 0.1) is 5.75 Å². The maximum Gasteiger partial charge on any atom is 0.262 e. The predicted molar refractivity (Wildman–Crippen MR) is 73.8 cm³/mol. The molecule has 1 heterocycles. The number of hydrogen-bond acceptors (Lipinski definition) is 4.